The highest BCUT2D eigenvalue weighted by molar-refractivity contribution is 7.99. The highest BCUT2D eigenvalue weighted by Crippen LogP contribution is 2.28. The molecule has 200 valence electrons. The Labute approximate surface area is 225 Å². The van der Waals surface area contributed by atoms with Crippen LogP contribution in [0.1, 0.15) is 71.3 Å². The molecule has 2 amide bonds. The van der Waals surface area contributed by atoms with Crippen LogP contribution < -0.4 is 15.4 Å². The zero-order valence-electron chi connectivity index (χ0n) is 22.0. The lowest BCUT2D eigenvalue weighted by molar-refractivity contribution is -0.125. The van der Waals surface area contributed by atoms with E-state index in [2.05, 4.69) is 10.6 Å². The number of carbonyl (C=O) groups excluding carboxylic acids is 2. The zero-order valence-corrected chi connectivity index (χ0v) is 23.6. The van der Waals surface area contributed by atoms with Crippen molar-refractivity contribution in [1.29, 1.82) is 0 Å². The van der Waals surface area contributed by atoms with Crippen molar-refractivity contribution in [3.63, 3.8) is 0 Å². The molecule has 2 fully saturated rings. The van der Waals surface area contributed by atoms with Gasteiger partial charge in [0.15, 0.2) is 0 Å². The smallest absolute Gasteiger partial charge is 0.411 e. The third kappa shape index (κ3) is 8.83. The van der Waals surface area contributed by atoms with E-state index in [0.717, 1.165) is 24.2 Å². The van der Waals surface area contributed by atoms with Crippen LogP contribution in [0.4, 0.5) is 4.79 Å². The summed E-state index contributed by atoms with van der Waals surface area (Å²) < 4.78 is 10.8. The molecule has 0 spiro atoms. The monoisotopic (exact) mass is 535 g/mol. The van der Waals surface area contributed by atoms with Crippen molar-refractivity contribution in [2.24, 2.45) is 5.92 Å². The lowest BCUT2D eigenvalue weighted by atomic mass is 9.85. The Morgan fingerprint density at radius 2 is 1.86 bits per heavy atom. The highest BCUT2D eigenvalue weighted by Gasteiger charge is 2.38. The number of rotatable bonds is 9. The number of methoxy groups -OCH3 is 1. The number of nitrogens with one attached hydrogen (secondary N) is 2. The second-order valence-electron chi connectivity index (χ2n) is 10.7. The predicted molar refractivity (Wildman–Crippen MR) is 149 cm³/mol. The molecule has 1 heterocycles. The molecule has 2 N–H and O–H groups in total. The largest absolute Gasteiger partial charge is 0.497 e. The minimum Gasteiger partial charge on any atom is -0.497 e. The SMILES string of the molecule is COc1ccc(CNC(=S)[C@@H](CCC2CCCCC2)NC(=O)[C@H]2CSCN2C(=O)OC(C)(C)C)cc1. The van der Waals surface area contributed by atoms with Gasteiger partial charge in [0.05, 0.1) is 24.0 Å². The molecule has 1 saturated heterocycles. The Bertz CT molecular complexity index is 882. The molecule has 0 radical (unpaired) electrons. The van der Waals surface area contributed by atoms with Crippen LogP contribution in [-0.2, 0) is 16.1 Å². The van der Waals surface area contributed by atoms with Crippen molar-refractivity contribution in [2.45, 2.75) is 89.9 Å². The third-order valence-electron chi connectivity index (χ3n) is 6.66. The number of thioether (sulfide) groups is 1. The van der Waals surface area contributed by atoms with Gasteiger partial charge in [-0.05, 0) is 57.2 Å². The standard InChI is InChI=1S/C27H41N3O4S2/c1-27(2,3)34-26(32)30-18-36-17-23(30)24(31)29-22(15-12-19-8-6-5-7-9-19)25(35)28-16-20-10-13-21(33-4)14-11-20/h10-11,13-14,19,22-23H,5-9,12,15-18H2,1-4H3,(H,28,35)(H,29,31)/t22-,23-/m1/s1. The van der Waals surface area contributed by atoms with E-state index in [1.807, 2.05) is 45.0 Å². The van der Waals surface area contributed by atoms with Gasteiger partial charge < -0.3 is 20.1 Å². The van der Waals surface area contributed by atoms with Gasteiger partial charge in [0.25, 0.3) is 0 Å². The molecule has 1 aromatic rings. The van der Waals surface area contributed by atoms with Crippen LogP contribution in [0.3, 0.4) is 0 Å². The molecule has 1 aliphatic carbocycles. The summed E-state index contributed by atoms with van der Waals surface area (Å²) in [5.41, 5.74) is 0.472. The fourth-order valence-corrected chi connectivity index (χ4v) is 6.02. The average molecular weight is 536 g/mol. The number of hydrogen-bond donors (Lipinski definition) is 2. The van der Waals surface area contributed by atoms with Gasteiger partial charge in [-0.2, -0.15) is 0 Å². The first-order chi connectivity index (χ1) is 17.2. The second-order valence-corrected chi connectivity index (χ2v) is 12.1. The summed E-state index contributed by atoms with van der Waals surface area (Å²) in [6.45, 7) is 6.06. The van der Waals surface area contributed by atoms with E-state index >= 15 is 0 Å². The number of carbonyl (C=O) groups is 2. The van der Waals surface area contributed by atoms with E-state index in [0.29, 0.717) is 29.1 Å². The summed E-state index contributed by atoms with van der Waals surface area (Å²) >= 11 is 7.34. The summed E-state index contributed by atoms with van der Waals surface area (Å²) in [7, 11) is 1.65. The zero-order chi connectivity index (χ0) is 26.1. The molecule has 9 heteroatoms. The van der Waals surface area contributed by atoms with Crippen molar-refractivity contribution < 1.29 is 19.1 Å². The van der Waals surface area contributed by atoms with Gasteiger partial charge in [-0.1, -0.05) is 56.5 Å². The lowest BCUT2D eigenvalue weighted by Crippen LogP contribution is -2.54. The van der Waals surface area contributed by atoms with Crippen molar-refractivity contribution in [3.8, 4) is 5.75 Å². The van der Waals surface area contributed by atoms with Gasteiger partial charge in [0.1, 0.15) is 17.4 Å². The minimum atomic E-state index is -0.610. The number of thiocarbonyl (C=S) groups is 1. The van der Waals surface area contributed by atoms with Crippen molar-refractivity contribution in [2.75, 3.05) is 18.7 Å². The van der Waals surface area contributed by atoms with Crippen LogP contribution in [0.2, 0.25) is 0 Å². The van der Waals surface area contributed by atoms with Gasteiger partial charge in [0, 0.05) is 12.3 Å². The summed E-state index contributed by atoms with van der Waals surface area (Å²) in [6, 6.07) is 7.00. The summed E-state index contributed by atoms with van der Waals surface area (Å²) in [5.74, 6) is 2.31. The number of benzene rings is 1. The van der Waals surface area contributed by atoms with E-state index in [1.54, 1.807) is 18.9 Å². The van der Waals surface area contributed by atoms with Gasteiger partial charge in [-0.25, -0.2) is 4.79 Å². The molecule has 1 aliphatic heterocycles. The maximum atomic E-state index is 13.4. The molecule has 2 atom stereocenters. The van der Waals surface area contributed by atoms with E-state index in [-0.39, 0.29) is 11.9 Å². The minimum absolute atomic E-state index is 0.173. The van der Waals surface area contributed by atoms with Crippen LogP contribution in [0.15, 0.2) is 24.3 Å². The van der Waals surface area contributed by atoms with Crippen molar-refractivity contribution in [3.05, 3.63) is 29.8 Å². The number of ether oxygens (including phenoxy) is 2. The van der Waals surface area contributed by atoms with E-state index in [1.165, 1.54) is 37.0 Å². The molecule has 3 rings (SSSR count). The average Bonchev–Trinajstić information content (AvgIpc) is 3.35. The van der Waals surface area contributed by atoms with E-state index < -0.39 is 17.7 Å². The first-order valence-electron chi connectivity index (χ1n) is 12.9. The molecular weight excluding hydrogens is 494 g/mol. The second kappa shape index (κ2) is 13.5. The normalized spacial score (nSPS) is 19.4. The topological polar surface area (TPSA) is 79.9 Å². The Balaban J connectivity index is 1.63. The van der Waals surface area contributed by atoms with Gasteiger partial charge in [-0.15, -0.1) is 11.8 Å². The Kier molecular flexibility index (Phi) is 10.7. The summed E-state index contributed by atoms with van der Waals surface area (Å²) in [6.07, 6.45) is 7.75. The van der Waals surface area contributed by atoms with Crippen molar-refractivity contribution in [1.82, 2.24) is 15.5 Å². The number of nitrogens with zero attached hydrogens (tertiary/aromatic N) is 1. The van der Waals surface area contributed by atoms with Gasteiger partial charge in [0.2, 0.25) is 5.91 Å². The molecule has 0 unspecified atom stereocenters. The number of amides is 2. The molecule has 1 aromatic carbocycles. The van der Waals surface area contributed by atoms with Crippen LogP contribution in [0, 0.1) is 5.92 Å². The predicted octanol–water partition coefficient (Wildman–Crippen LogP) is 5.27. The quantitative estimate of drug-likeness (QED) is 0.417. The van der Waals surface area contributed by atoms with Crippen LogP contribution in [0.5, 0.6) is 5.75 Å². The van der Waals surface area contributed by atoms with E-state index in [4.69, 9.17) is 21.7 Å². The van der Waals surface area contributed by atoms with Crippen molar-refractivity contribution >= 4 is 41.0 Å². The molecule has 36 heavy (non-hydrogen) atoms. The number of hydrogen-bond acceptors (Lipinski definition) is 6. The maximum Gasteiger partial charge on any atom is 0.411 e. The maximum absolute atomic E-state index is 13.4. The van der Waals surface area contributed by atoms with Crippen LogP contribution in [0.25, 0.3) is 0 Å². The fourth-order valence-electron chi connectivity index (χ4n) is 4.63. The molecule has 1 saturated carbocycles. The first-order valence-corrected chi connectivity index (χ1v) is 14.5. The fraction of sp³-hybridized carbons (Fsp3) is 0.667. The lowest BCUT2D eigenvalue weighted by Gasteiger charge is -2.30. The summed E-state index contributed by atoms with van der Waals surface area (Å²) in [5, 5.41) is 6.53. The summed E-state index contributed by atoms with van der Waals surface area (Å²) in [4.78, 5) is 28.2. The van der Waals surface area contributed by atoms with Crippen LogP contribution >= 0.6 is 24.0 Å². The molecule has 0 bridgehead atoms. The van der Waals surface area contributed by atoms with E-state index in [9.17, 15) is 9.59 Å². The Hall–Kier alpha value is -2.00. The molecule has 2 aliphatic rings. The van der Waals surface area contributed by atoms with Gasteiger partial charge >= 0.3 is 6.09 Å². The third-order valence-corrected chi connectivity index (χ3v) is 8.10. The molecule has 0 aromatic heterocycles. The molecule has 7 nitrogen and oxygen atoms in total. The van der Waals surface area contributed by atoms with Crippen LogP contribution in [-0.4, -0.2) is 58.3 Å². The first kappa shape index (κ1) is 28.6. The highest BCUT2D eigenvalue weighted by atomic mass is 32.2. The molecular formula is C27H41N3O4S2. The Morgan fingerprint density at radius 3 is 2.50 bits per heavy atom. The van der Waals surface area contributed by atoms with Gasteiger partial charge in [-0.3, -0.25) is 9.69 Å². The Morgan fingerprint density at radius 1 is 1.17 bits per heavy atom.